The molecule has 0 saturated carbocycles. The van der Waals surface area contributed by atoms with Gasteiger partial charge in [0.2, 0.25) is 0 Å². The highest BCUT2D eigenvalue weighted by atomic mass is 16.5. The van der Waals surface area contributed by atoms with Crippen LogP contribution in [-0.2, 0) is 4.74 Å². The van der Waals surface area contributed by atoms with Gasteiger partial charge < -0.3 is 15.0 Å². The summed E-state index contributed by atoms with van der Waals surface area (Å²) in [5.74, 6) is 0.636. The topological polar surface area (TPSA) is 67.3 Å². The Bertz CT molecular complexity index is 454. The van der Waals surface area contributed by atoms with Crippen LogP contribution in [0, 0.1) is 0 Å². The number of hydrogen-bond acceptors (Lipinski definition) is 5. The van der Waals surface area contributed by atoms with Crippen LogP contribution in [0.2, 0.25) is 0 Å². The van der Waals surface area contributed by atoms with E-state index in [1.54, 1.807) is 6.20 Å². The normalized spacial score (nSPS) is 22.7. The molecule has 0 spiro atoms. The number of amides is 1. The largest absolute Gasteiger partial charge is 0.379 e. The summed E-state index contributed by atoms with van der Waals surface area (Å²) in [5, 5.41) is 3.26. The van der Waals surface area contributed by atoms with Gasteiger partial charge in [-0.15, -0.1) is 0 Å². The maximum atomic E-state index is 12.2. The van der Waals surface area contributed by atoms with Crippen molar-refractivity contribution in [3.05, 3.63) is 18.1 Å². The third-order valence-corrected chi connectivity index (χ3v) is 3.53. The van der Waals surface area contributed by atoms with Crippen LogP contribution in [0.1, 0.15) is 29.8 Å². The molecule has 2 fully saturated rings. The second-order valence-corrected chi connectivity index (χ2v) is 4.99. The van der Waals surface area contributed by atoms with Crippen LogP contribution < -0.4 is 5.32 Å². The van der Waals surface area contributed by atoms with Gasteiger partial charge in [-0.3, -0.25) is 9.78 Å². The minimum atomic E-state index is -0.0173. The number of rotatable bonds is 3. The van der Waals surface area contributed by atoms with E-state index in [1.165, 1.54) is 6.20 Å². The van der Waals surface area contributed by atoms with Gasteiger partial charge in [0.05, 0.1) is 25.0 Å². The fraction of sp³-hybridized carbons (Fsp3) is 0.615. The zero-order chi connectivity index (χ0) is 13.1. The molecule has 1 aromatic rings. The van der Waals surface area contributed by atoms with Crippen molar-refractivity contribution in [1.29, 1.82) is 0 Å². The number of anilines is 1. The molecule has 6 nitrogen and oxygen atoms in total. The summed E-state index contributed by atoms with van der Waals surface area (Å²) < 4.78 is 5.30. The molecule has 1 amide bonds. The summed E-state index contributed by atoms with van der Waals surface area (Å²) in [6, 6.07) is 0.270. The van der Waals surface area contributed by atoms with Gasteiger partial charge in [-0.05, 0) is 19.3 Å². The number of hydrogen-bond donors (Lipinski definition) is 1. The molecule has 1 aromatic heterocycles. The van der Waals surface area contributed by atoms with Crippen molar-refractivity contribution in [3.63, 3.8) is 0 Å². The maximum absolute atomic E-state index is 12.2. The molecule has 3 rings (SSSR count). The number of carbonyl (C=O) groups excluding carboxylic acids is 1. The van der Waals surface area contributed by atoms with Crippen molar-refractivity contribution in [3.8, 4) is 0 Å². The summed E-state index contributed by atoms with van der Waals surface area (Å²) in [6.07, 6.45) is 6.31. The van der Waals surface area contributed by atoms with Crippen LogP contribution in [0.5, 0.6) is 0 Å². The van der Waals surface area contributed by atoms with E-state index in [2.05, 4.69) is 15.3 Å². The molecule has 19 heavy (non-hydrogen) atoms. The van der Waals surface area contributed by atoms with Crippen molar-refractivity contribution < 1.29 is 9.53 Å². The van der Waals surface area contributed by atoms with E-state index in [0.717, 1.165) is 39.0 Å². The summed E-state index contributed by atoms with van der Waals surface area (Å²) in [6.45, 7) is 3.12. The predicted octanol–water partition coefficient (Wildman–Crippen LogP) is 0.913. The lowest BCUT2D eigenvalue weighted by atomic mass is 10.2. The molecule has 0 aromatic carbocycles. The van der Waals surface area contributed by atoms with Crippen molar-refractivity contribution in [2.75, 3.05) is 31.6 Å². The molecule has 2 aliphatic heterocycles. The number of ether oxygens (including phenoxy) is 1. The second-order valence-electron chi connectivity index (χ2n) is 4.99. The average Bonchev–Trinajstić information content (AvgIpc) is 3.11. The highest BCUT2D eigenvalue weighted by Gasteiger charge is 2.22. The molecule has 2 saturated heterocycles. The van der Waals surface area contributed by atoms with Gasteiger partial charge in [-0.25, -0.2) is 4.98 Å². The fourth-order valence-electron chi connectivity index (χ4n) is 2.48. The smallest absolute Gasteiger partial charge is 0.274 e. The van der Waals surface area contributed by atoms with Crippen LogP contribution in [-0.4, -0.2) is 53.1 Å². The first-order chi connectivity index (χ1) is 9.33. The molecule has 1 N–H and O–H groups in total. The molecule has 3 heterocycles. The number of nitrogens with zero attached hydrogens (tertiary/aromatic N) is 3. The van der Waals surface area contributed by atoms with Gasteiger partial charge in [0, 0.05) is 19.7 Å². The minimum absolute atomic E-state index is 0.0173. The van der Waals surface area contributed by atoms with Gasteiger partial charge in [0.1, 0.15) is 11.5 Å². The first-order valence-electron chi connectivity index (χ1n) is 6.78. The number of aromatic nitrogens is 2. The molecule has 0 aliphatic carbocycles. The van der Waals surface area contributed by atoms with E-state index in [4.69, 9.17) is 4.74 Å². The number of carbonyl (C=O) groups is 1. The highest BCUT2D eigenvalue weighted by Crippen LogP contribution is 2.14. The van der Waals surface area contributed by atoms with E-state index in [1.807, 2.05) is 4.90 Å². The Morgan fingerprint density at radius 3 is 2.95 bits per heavy atom. The SMILES string of the molecule is O=C(c1cncc(NC2CCOC2)n1)N1CCCC1. The van der Waals surface area contributed by atoms with Crippen molar-refractivity contribution in [2.45, 2.75) is 25.3 Å². The van der Waals surface area contributed by atoms with Crippen LogP contribution >= 0.6 is 0 Å². The number of likely N-dealkylation sites (tertiary alicyclic amines) is 1. The predicted molar refractivity (Wildman–Crippen MR) is 70.0 cm³/mol. The van der Waals surface area contributed by atoms with E-state index in [-0.39, 0.29) is 11.9 Å². The third-order valence-electron chi connectivity index (χ3n) is 3.53. The Morgan fingerprint density at radius 2 is 2.21 bits per heavy atom. The van der Waals surface area contributed by atoms with E-state index in [0.29, 0.717) is 18.1 Å². The Kier molecular flexibility index (Phi) is 3.59. The monoisotopic (exact) mass is 262 g/mol. The van der Waals surface area contributed by atoms with Crippen molar-refractivity contribution in [1.82, 2.24) is 14.9 Å². The molecular weight excluding hydrogens is 244 g/mol. The average molecular weight is 262 g/mol. The molecule has 6 heteroatoms. The Hall–Kier alpha value is -1.69. The maximum Gasteiger partial charge on any atom is 0.274 e. The standard InChI is InChI=1S/C13H18N4O2/c18-13(17-4-1-2-5-17)11-7-14-8-12(16-11)15-10-3-6-19-9-10/h7-8,10H,1-6,9H2,(H,15,16). The zero-order valence-electron chi connectivity index (χ0n) is 10.8. The van der Waals surface area contributed by atoms with Crippen molar-refractivity contribution >= 4 is 11.7 Å². The quantitative estimate of drug-likeness (QED) is 0.877. The van der Waals surface area contributed by atoms with Gasteiger partial charge in [-0.1, -0.05) is 0 Å². The second kappa shape index (κ2) is 5.52. The van der Waals surface area contributed by atoms with E-state index >= 15 is 0 Å². The van der Waals surface area contributed by atoms with Gasteiger partial charge >= 0.3 is 0 Å². The number of nitrogens with one attached hydrogen (secondary N) is 1. The van der Waals surface area contributed by atoms with E-state index < -0.39 is 0 Å². The third kappa shape index (κ3) is 2.84. The minimum Gasteiger partial charge on any atom is -0.379 e. The summed E-state index contributed by atoms with van der Waals surface area (Å²) in [7, 11) is 0. The molecular formula is C13H18N4O2. The Balaban J connectivity index is 1.69. The van der Waals surface area contributed by atoms with Gasteiger partial charge in [0.15, 0.2) is 0 Å². The molecule has 102 valence electrons. The van der Waals surface area contributed by atoms with Gasteiger partial charge in [0.25, 0.3) is 5.91 Å². The lowest BCUT2D eigenvalue weighted by Gasteiger charge is -2.15. The molecule has 0 bridgehead atoms. The van der Waals surface area contributed by atoms with E-state index in [9.17, 15) is 4.79 Å². The molecule has 2 aliphatic rings. The van der Waals surface area contributed by atoms with Crippen LogP contribution in [0.4, 0.5) is 5.82 Å². The molecule has 1 atom stereocenters. The lowest BCUT2D eigenvalue weighted by molar-refractivity contribution is 0.0786. The lowest BCUT2D eigenvalue weighted by Crippen LogP contribution is -2.29. The van der Waals surface area contributed by atoms with Crippen LogP contribution in [0.25, 0.3) is 0 Å². The van der Waals surface area contributed by atoms with Crippen LogP contribution in [0.3, 0.4) is 0 Å². The molecule has 0 radical (unpaired) electrons. The Morgan fingerprint density at radius 1 is 1.37 bits per heavy atom. The highest BCUT2D eigenvalue weighted by molar-refractivity contribution is 5.92. The molecule has 1 unspecified atom stereocenters. The van der Waals surface area contributed by atoms with Crippen molar-refractivity contribution in [2.24, 2.45) is 0 Å². The summed E-state index contributed by atoms with van der Waals surface area (Å²) in [4.78, 5) is 22.5. The fourth-order valence-corrected chi connectivity index (χ4v) is 2.48. The van der Waals surface area contributed by atoms with Gasteiger partial charge in [-0.2, -0.15) is 0 Å². The first kappa shape index (κ1) is 12.3. The van der Waals surface area contributed by atoms with Crippen LogP contribution in [0.15, 0.2) is 12.4 Å². The first-order valence-corrected chi connectivity index (χ1v) is 6.78. The zero-order valence-corrected chi connectivity index (χ0v) is 10.8. The Labute approximate surface area is 112 Å². The summed E-state index contributed by atoms with van der Waals surface area (Å²) >= 11 is 0. The summed E-state index contributed by atoms with van der Waals surface area (Å²) in [5.41, 5.74) is 0.422.